The van der Waals surface area contributed by atoms with Crippen molar-refractivity contribution in [3.8, 4) is 5.75 Å². The van der Waals surface area contributed by atoms with E-state index in [1.807, 2.05) is 19.1 Å². The Morgan fingerprint density at radius 1 is 0.778 bits per heavy atom. The van der Waals surface area contributed by atoms with Crippen LogP contribution in [0, 0.1) is 0 Å². The summed E-state index contributed by atoms with van der Waals surface area (Å²) < 4.78 is 17.4. The highest BCUT2D eigenvalue weighted by atomic mass is 16.7. The summed E-state index contributed by atoms with van der Waals surface area (Å²) in [6.45, 7) is 7.13. The van der Waals surface area contributed by atoms with Gasteiger partial charge in [-0.1, -0.05) is 55.5 Å². The molecule has 3 aromatic rings. The molecule has 0 radical (unpaired) electrons. The lowest BCUT2D eigenvalue weighted by atomic mass is 10.0. The molecule has 142 valence electrons. The molecule has 0 aliphatic heterocycles. The van der Waals surface area contributed by atoms with E-state index in [0.717, 1.165) is 12.2 Å². The van der Waals surface area contributed by atoms with Gasteiger partial charge >= 0.3 is 0 Å². The maximum Gasteiger partial charge on any atom is 0.197 e. The summed E-state index contributed by atoms with van der Waals surface area (Å²) in [5.41, 5.74) is 2.47. The quantitative estimate of drug-likeness (QED) is 0.348. The Bertz CT molecular complexity index is 842. The van der Waals surface area contributed by atoms with Gasteiger partial charge in [-0.05, 0) is 60.4 Å². The normalized spacial score (nSPS) is 13.4. The van der Waals surface area contributed by atoms with Gasteiger partial charge in [0, 0.05) is 0 Å². The summed E-state index contributed by atoms with van der Waals surface area (Å²) >= 11 is 0. The average molecular weight is 364 g/mol. The van der Waals surface area contributed by atoms with Crippen molar-refractivity contribution in [3.05, 3.63) is 77.9 Å². The van der Waals surface area contributed by atoms with Crippen LogP contribution in [-0.2, 0) is 15.9 Å². The highest BCUT2D eigenvalue weighted by Gasteiger charge is 2.08. The molecule has 0 aromatic heterocycles. The van der Waals surface area contributed by atoms with E-state index in [9.17, 15) is 0 Å². The van der Waals surface area contributed by atoms with Crippen molar-refractivity contribution in [2.45, 2.75) is 39.6 Å². The second-order valence-electron chi connectivity index (χ2n) is 6.67. The minimum atomic E-state index is -0.308. The van der Waals surface area contributed by atoms with Gasteiger partial charge in [0.15, 0.2) is 6.29 Å². The molecule has 2 atom stereocenters. The average Bonchev–Trinajstić information content (AvgIpc) is 2.71. The van der Waals surface area contributed by atoms with Crippen molar-refractivity contribution in [3.63, 3.8) is 0 Å². The standard InChI is InChI=1S/C24H28O3/c1-4-20-9-13-24(14-10-20)27-19(3)26-16-15-25-18(2)22-12-11-21-7-5-6-8-23(21)17-22/h5-14,17-19H,4,15-16H2,1-3H3. The summed E-state index contributed by atoms with van der Waals surface area (Å²) in [6, 6.07) is 22.9. The van der Waals surface area contributed by atoms with Crippen LogP contribution in [0.2, 0.25) is 0 Å². The molecule has 3 aromatic carbocycles. The largest absolute Gasteiger partial charge is 0.465 e. The lowest BCUT2D eigenvalue weighted by molar-refractivity contribution is -0.0903. The first kappa shape index (κ1) is 19.4. The smallest absolute Gasteiger partial charge is 0.197 e. The molecule has 3 rings (SSSR count). The van der Waals surface area contributed by atoms with Crippen molar-refractivity contribution in [1.82, 2.24) is 0 Å². The van der Waals surface area contributed by atoms with Gasteiger partial charge < -0.3 is 14.2 Å². The molecular formula is C24H28O3. The van der Waals surface area contributed by atoms with E-state index in [1.54, 1.807) is 0 Å². The lowest BCUT2D eigenvalue weighted by Gasteiger charge is -2.18. The van der Waals surface area contributed by atoms with E-state index in [4.69, 9.17) is 14.2 Å². The topological polar surface area (TPSA) is 27.7 Å². The molecule has 0 spiro atoms. The third kappa shape index (κ3) is 5.56. The summed E-state index contributed by atoms with van der Waals surface area (Å²) in [5.74, 6) is 0.824. The molecule has 27 heavy (non-hydrogen) atoms. The second-order valence-corrected chi connectivity index (χ2v) is 6.67. The van der Waals surface area contributed by atoms with Crippen LogP contribution in [-0.4, -0.2) is 19.5 Å². The summed E-state index contributed by atoms with van der Waals surface area (Å²) in [7, 11) is 0. The maximum atomic E-state index is 5.93. The van der Waals surface area contributed by atoms with Crippen LogP contribution in [0.25, 0.3) is 10.8 Å². The Morgan fingerprint density at radius 3 is 2.22 bits per heavy atom. The predicted molar refractivity (Wildman–Crippen MR) is 110 cm³/mol. The number of aryl methyl sites for hydroxylation is 1. The Morgan fingerprint density at radius 2 is 1.48 bits per heavy atom. The molecule has 0 N–H and O–H groups in total. The molecule has 0 amide bonds. The van der Waals surface area contributed by atoms with Crippen molar-refractivity contribution >= 4 is 10.8 Å². The van der Waals surface area contributed by atoms with Crippen LogP contribution in [0.5, 0.6) is 5.75 Å². The molecule has 0 fully saturated rings. The maximum absolute atomic E-state index is 5.93. The van der Waals surface area contributed by atoms with Gasteiger partial charge in [-0.2, -0.15) is 0 Å². The van der Waals surface area contributed by atoms with Crippen molar-refractivity contribution < 1.29 is 14.2 Å². The molecule has 0 aliphatic carbocycles. The first-order chi connectivity index (χ1) is 13.2. The van der Waals surface area contributed by atoms with Crippen molar-refractivity contribution in [2.75, 3.05) is 13.2 Å². The van der Waals surface area contributed by atoms with E-state index in [1.165, 1.54) is 21.9 Å². The molecule has 2 unspecified atom stereocenters. The lowest BCUT2D eigenvalue weighted by Crippen LogP contribution is -2.19. The number of ether oxygens (including phenoxy) is 3. The summed E-state index contributed by atoms with van der Waals surface area (Å²) in [5, 5.41) is 2.48. The van der Waals surface area contributed by atoms with Gasteiger partial charge in [0.2, 0.25) is 0 Å². The Hall–Kier alpha value is -2.36. The van der Waals surface area contributed by atoms with E-state index in [0.29, 0.717) is 13.2 Å². The Balaban J connectivity index is 1.41. The molecule has 0 aliphatic rings. The third-order valence-corrected chi connectivity index (χ3v) is 4.68. The van der Waals surface area contributed by atoms with Crippen LogP contribution in [0.3, 0.4) is 0 Å². The van der Waals surface area contributed by atoms with Crippen LogP contribution in [0.15, 0.2) is 66.7 Å². The Kier molecular flexibility index (Phi) is 6.86. The zero-order chi connectivity index (χ0) is 19.1. The third-order valence-electron chi connectivity index (χ3n) is 4.68. The van der Waals surface area contributed by atoms with Crippen molar-refractivity contribution in [1.29, 1.82) is 0 Å². The molecule has 0 bridgehead atoms. The molecule has 3 nitrogen and oxygen atoms in total. The first-order valence-electron chi connectivity index (χ1n) is 9.63. The van der Waals surface area contributed by atoms with E-state index < -0.39 is 0 Å². The first-order valence-corrected chi connectivity index (χ1v) is 9.63. The fraction of sp³-hybridized carbons (Fsp3) is 0.333. The zero-order valence-electron chi connectivity index (χ0n) is 16.4. The number of hydrogen-bond donors (Lipinski definition) is 0. The minimum absolute atomic E-state index is 0.0241. The SMILES string of the molecule is CCc1ccc(OC(C)OCCOC(C)c2ccc3ccccc3c2)cc1. The van der Waals surface area contributed by atoms with Gasteiger partial charge in [-0.25, -0.2) is 0 Å². The van der Waals surface area contributed by atoms with Crippen LogP contribution in [0.4, 0.5) is 0 Å². The highest BCUT2D eigenvalue weighted by molar-refractivity contribution is 5.83. The zero-order valence-corrected chi connectivity index (χ0v) is 16.4. The number of fused-ring (bicyclic) bond motifs is 1. The fourth-order valence-corrected chi connectivity index (χ4v) is 3.03. The monoisotopic (exact) mass is 364 g/mol. The minimum Gasteiger partial charge on any atom is -0.465 e. The number of benzene rings is 3. The van der Waals surface area contributed by atoms with Gasteiger partial charge in [0.25, 0.3) is 0 Å². The van der Waals surface area contributed by atoms with Crippen molar-refractivity contribution in [2.24, 2.45) is 0 Å². The molecule has 3 heteroatoms. The van der Waals surface area contributed by atoms with Gasteiger partial charge in [0.05, 0.1) is 19.3 Å². The number of hydrogen-bond acceptors (Lipinski definition) is 3. The highest BCUT2D eigenvalue weighted by Crippen LogP contribution is 2.22. The molecule has 0 saturated carbocycles. The number of rotatable bonds is 9. The predicted octanol–water partition coefficient (Wildman–Crippen LogP) is 5.92. The molecule has 0 saturated heterocycles. The molecule has 0 heterocycles. The van der Waals surface area contributed by atoms with Gasteiger partial charge in [-0.3, -0.25) is 0 Å². The van der Waals surface area contributed by atoms with Crippen LogP contribution >= 0.6 is 0 Å². The fourth-order valence-electron chi connectivity index (χ4n) is 3.03. The second kappa shape index (κ2) is 9.54. The van der Waals surface area contributed by atoms with Crippen LogP contribution < -0.4 is 4.74 Å². The van der Waals surface area contributed by atoms with Gasteiger partial charge in [-0.15, -0.1) is 0 Å². The summed E-state index contributed by atoms with van der Waals surface area (Å²) in [6.07, 6.45) is 0.743. The van der Waals surface area contributed by atoms with Gasteiger partial charge in [0.1, 0.15) is 5.75 Å². The van der Waals surface area contributed by atoms with E-state index in [-0.39, 0.29) is 12.4 Å². The summed E-state index contributed by atoms with van der Waals surface area (Å²) in [4.78, 5) is 0. The van der Waals surface area contributed by atoms with E-state index in [2.05, 4.69) is 68.4 Å². The van der Waals surface area contributed by atoms with Crippen LogP contribution in [0.1, 0.15) is 38.0 Å². The Labute approximate surface area is 161 Å². The molecular weight excluding hydrogens is 336 g/mol. The van der Waals surface area contributed by atoms with E-state index >= 15 is 0 Å².